The molecule has 19 heavy (non-hydrogen) atoms. The van der Waals surface area contributed by atoms with Crippen LogP contribution in [0.3, 0.4) is 0 Å². The van der Waals surface area contributed by atoms with Crippen molar-refractivity contribution in [3.8, 4) is 11.5 Å². The van der Waals surface area contributed by atoms with Gasteiger partial charge in [0.15, 0.2) is 11.5 Å². The molecule has 0 aliphatic rings. The van der Waals surface area contributed by atoms with Gasteiger partial charge in [-0.15, -0.1) is 11.6 Å². The highest BCUT2D eigenvalue weighted by Gasteiger charge is 2.25. The Labute approximate surface area is 119 Å². The summed E-state index contributed by atoms with van der Waals surface area (Å²) in [6, 6.07) is 5.54. The van der Waals surface area contributed by atoms with Crippen LogP contribution in [0.4, 0.5) is 0 Å². The number of carbonyl (C=O) groups excluding carboxylic acids is 1. The van der Waals surface area contributed by atoms with Gasteiger partial charge in [0.05, 0.1) is 19.6 Å². The van der Waals surface area contributed by atoms with Gasteiger partial charge in [-0.05, 0) is 31.5 Å². The molecule has 1 amide bonds. The quantitative estimate of drug-likeness (QED) is 0.817. The van der Waals surface area contributed by atoms with Crippen LogP contribution in [0, 0.1) is 5.41 Å². The third kappa shape index (κ3) is 4.03. The molecule has 0 saturated heterocycles. The van der Waals surface area contributed by atoms with Crippen LogP contribution < -0.4 is 14.8 Å². The van der Waals surface area contributed by atoms with Gasteiger partial charge in [0.2, 0.25) is 5.91 Å². The lowest BCUT2D eigenvalue weighted by Crippen LogP contribution is -2.37. The third-order valence-corrected chi connectivity index (χ3v) is 3.52. The number of nitrogens with one attached hydrogen (secondary N) is 1. The largest absolute Gasteiger partial charge is 0.493 e. The van der Waals surface area contributed by atoms with Crippen molar-refractivity contribution >= 4 is 17.5 Å². The number of carbonyl (C=O) groups is 1. The molecule has 0 unspecified atom stereocenters. The summed E-state index contributed by atoms with van der Waals surface area (Å²) < 4.78 is 10.4. The van der Waals surface area contributed by atoms with Gasteiger partial charge in [-0.3, -0.25) is 4.79 Å². The second kappa shape index (κ2) is 6.66. The summed E-state index contributed by atoms with van der Waals surface area (Å²) in [6.45, 7) is 4.05. The molecular formula is C14H20ClNO3. The molecular weight excluding hydrogens is 266 g/mol. The van der Waals surface area contributed by atoms with Gasteiger partial charge in [-0.25, -0.2) is 0 Å². The first-order valence-corrected chi connectivity index (χ1v) is 6.53. The van der Waals surface area contributed by atoms with Crippen molar-refractivity contribution in [1.29, 1.82) is 0 Å². The highest BCUT2D eigenvalue weighted by Crippen LogP contribution is 2.27. The summed E-state index contributed by atoms with van der Waals surface area (Å²) in [5.41, 5.74) is 0.370. The highest BCUT2D eigenvalue weighted by molar-refractivity contribution is 6.19. The molecule has 1 aromatic rings. The van der Waals surface area contributed by atoms with Crippen molar-refractivity contribution < 1.29 is 14.3 Å². The molecule has 4 nitrogen and oxygen atoms in total. The van der Waals surface area contributed by atoms with Crippen LogP contribution in [0.25, 0.3) is 0 Å². The van der Waals surface area contributed by atoms with E-state index in [1.807, 2.05) is 32.0 Å². The number of hydrogen-bond acceptors (Lipinski definition) is 3. The Kier molecular flexibility index (Phi) is 5.48. The lowest BCUT2D eigenvalue weighted by atomic mass is 9.95. The van der Waals surface area contributed by atoms with Gasteiger partial charge in [-0.1, -0.05) is 6.07 Å². The molecule has 0 heterocycles. The average Bonchev–Trinajstić information content (AvgIpc) is 2.44. The number of ether oxygens (including phenoxy) is 2. The van der Waals surface area contributed by atoms with Crippen LogP contribution in [0.5, 0.6) is 11.5 Å². The van der Waals surface area contributed by atoms with Crippen LogP contribution in [0.1, 0.15) is 19.4 Å². The van der Waals surface area contributed by atoms with Crippen LogP contribution in [-0.2, 0) is 11.3 Å². The highest BCUT2D eigenvalue weighted by atomic mass is 35.5. The standard InChI is InChI=1S/C14H20ClNO3/c1-14(2,9-15)13(17)16-8-10-5-6-11(18-3)12(7-10)19-4/h5-7H,8-9H2,1-4H3,(H,16,17). The van der Waals surface area contributed by atoms with Crippen molar-refractivity contribution in [1.82, 2.24) is 5.32 Å². The zero-order valence-corrected chi connectivity index (χ0v) is 12.5. The fourth-order valence-electron chi connectivity index (χ4n) is 1.47. The number of methoxy groups -OCH3 is 2. The number of rotatable bonds is 6. The minimum absolute atomic E-state index is 0.0720. The van der Waals surface area contributed by atoms with E-state index in [1.165, 1.54) is 0 Å². The minimum Gasteiger partial charge on any atom is -0.493 e. The van der Waals surface area contributed by atoms with Crippen molar-refractivity contribution in [2.75, 3.05) is 20.1 Å². The lowest BCUT2D eigenvalue weighted by Gasteiger charge is -2.20. The predicted molar refractivity (Wildman–Crippen MR) is 75.9 cm³/mol. The van der Waals surface area contributed by atoms with Crippen LogP contribution in [-0.4, -0.2) is 26.0 Å². The molecule has 0 radical (unpaired) electrons. The molecule has 0 atom stereocenters. The Balaban J connectivity index is 2.71. The normalized spacial score (nSPS) is 11.0. The molecule has 1 aromatic carbocycles. The second-order valence-corrected chi connectivity index (χ2v) is 5.16. The molecule has 1 rings (SSSR count). The molecule has 0 aliphatic heterocycles. The predicted octanol–water partition coefficient (Wildman–Crippen LogP) is 2.59. The van der Waals surface area contributed by atoms with Gasteiger partial charge < -0.3 is 14.8 Å². The van der Waals surface area contributed by atoms with E-state index in [0.29, 0.717) is 18.0 Å². The van der Waals surface area contributed by atoms with E-state index in [0.717, 1.165) is 5.56 Å². The average molecular weight is 286 g/mol. The Morgan fingerprint density at radius 2 is 1.89 bits per heavy atom. The number of alkyl halides is 1. The summed E-state index contributed by atoms with van der Waals surface area (Å²) in [6.07, 6.45) is 0. The third-order valence-electron chi connectivity index (χ3n) is 2.85. The molecule has 1 N–H and O–H groups in total. The van der Waals surface area contributed by atoms with Gasteiger partial charge >= 0.3 is 0 Å². The van der Waals surface area contributed by atoms with Gasteiger partial charge in [0.1, 0.15) is 0 Å². The fraction of sp³-hybridized carbons (Fsp3) is 0.500. The summed E-state index contributed by atoms with van der Waals surface area (Å²) in [7, 11) is 3.17. The Morgan fingerprint density at radius 1 is 1.26 bits per heavy atom. The zero-order valence-electron chi connectivity index (χ0n) is 11.7. The number of hydrogen-bond donors (Lipinski definition) is 1. The van der Waals surface area contributed by atoms with Gasteiger partial charge in [0, 0.05) is 12.4 Å². The van der Waals surface area contributed by atoms with Crippen LogP contribution in [0.15, 0.2) is 18.2 Å². The Morgan fingerprint density at radius 3 is 2.42 bits per heavy atom. The van der Waals surface area contributed by atoms with Crippen LogP contribution in [0.2, 0.25) is 0 Å². The number of benzene rings is 1. The summed E-state index contributed by atoms with van der Waals surface area (Å²) in [5, 5.41) is 2.86. The summed E-state index contributed by atoms with van der Waals surface area (Å²) in [5.74, 6) is 1.52. The van der Waals surface area contributed by atoms with E-state index in [4.69, 9.17) is 21.1 Å². The molecule has 0 bridgehead atoms. The molecule has 106 valence electrons. The van der Waals surface area contributed by atoms with E-state index < -0.39 is 5.41 Å². The van der Waals surface area contributed by atoms with Crippen LogP contribution >= 0.6 is 11.6 Å². The first-order chi connectivity index (χ1) is 8.94. The van der Waals surface area contributed by atoms with Crippen molar-refractivity contribution in [2.45, 2.75) is 20.4 Å². The SMILES string of the molecule is COc1ccc(CNC(=O)C(C)(C)CCl)cc1OC. The maximum atomic E-state index is 11.9. The fourth-order valence-corrected chi connectivity index (χ4v) is 1.59. The van der Waals surface area contributed by atoms with Gasteiger partial charge in [-0.2, -0.15) is 0 Å². The van der Waals surface area contributed by atoms with E-state index in [-0.39, 0.29) is 11.8 Å². The Hall–Kier alpha value is -1.42. The lowest BCUT2D eigenvalue weighted by molar-refractivity contribution is -0.128. The zero-order chi connectivity index (χ0) is 14.5. The maximum Gasteiger partial charge on any atom is 0.227 e. The molecule has 5 heteroatoms. The van der Waals surface area contributed by atoms with E-state index >= 15 is 0 Å². The minimum atomic E-state index is -0.571. The topological polar surface area (TPSA) is 47.6 Å². The van der Waals surface area contributed by atoms with Crippen molar-refractivity contribution in [2.24, 2.45) is 5.41 Å². The first-order valence-electron chi connectivity index (χ1n) is 5.99. The van der Waals surface area contributed by atoms with Gasteiger partial charge in [0.25, 0.3) is 0 Å². The van der Waals surface area contributed by atoms with Crippen molar-refractivity contribution in [3.05, 3.63) is 23.8 Å². The maximum absolute atomic E-state index is 11.9. The monoisotopic (exact) mass is 285 g/mol. The number of amides is 1. The van der Waals surface area contributed by atoms with Crippen molar-refractivity contribution in [3.63, 3.8) is 0 Å². The summed E-state index contributed by atoms with van der Waals surface area (Å²) in [4.78, 5) is 11.9. The molecule has 0 spiro atoms. The second-order valence-electron chi connectivity index (χ2n) is 4.89. The van der Waals surface area contributed by atoms with E-state index in [1.54, 1.807) is 14.2 Å². The molecule has 0 fully saturated rings. The van der Waals surface area contributed by atoms with E-state index in [9.17, 15) is 4.79 Å². The number of halogens is 1. The molecule has 0 aromatic heterocycles. The molecule has 0 saturated carbocycles. The smallest absolute Gasteiger partial charge is 0.227 e. The summed E-state index contributed by atoms with van der Waals surface area (Å²) >= 11 is 5.76. The molecule has 0 aliphatic carbocycles. The van der Waals surface area contributed by atoms with E-state index in [2.05, 4.69) is 5.32 Å². The Bertz CT molecular complexity index is 446. The first kappa shape index (κ1) is 15.6.